The Hall–Kier alpha value is -3.60. The van der Waals surface area contributed by atoms with Crippen molar-refractivity contribution >= 4 is 17.6 Å². The summed E-state index contributed by atoms with van der Waals surface area (Å²) in [5.74, 6) is 0.909. The van der Waals surface area contributed by atoms with E-state index in [1.807, 2.05) is 54.6 Å². The van der Waals surface area contributed by atoms with Gasteiger partial charge in [0.05, 0.1) is 6.42 Å². The minimum atomic E-state index is -0.332. The van der Waals surface area contributed by atoms with Gasteiger partial charge in [0, 0.05) is 18.2 Å². The highest BCUT2D eigenvalue weighted by Gasteiger charge is 2.09. The van der Waals surface area contributed by atoms with Crippen molar-refractivity contribution in [1.82, 2.24) is 0 Å². The fraction of sp³-hybridized carbons (Fsp3) is 0.130. The first-order chi connectivity index (χ1) is 13.6. The van der Waals surface area contributed by atoms with Crippen molar-refractivity contribution in [2.24, 2.45) is 0 Å². The molecule has 0 aliphatic heterocycles. The molecule has 0 bridgehead atoms. The number of anilines is 1. The van der Waals surface area contributed by atoms with E-state index in [1.165, 1.54) is 6.92 Å². The number of hydrogen-bond acceptors (Lipinski definition) is 4. The van der Waals surface area contributed by atoms with Gasteiger partial charge in [-0.05, 0) is 35.9 Å². The lowest BCUT2D eigenvalue weighted by molar-refractivity contribution is -0.144. The molecule has 3 aromatic rings. The number of esters is 1. The third kappa shape index (κ3) is 5.71. The molecule has 0 saturated carbocycles. The minimum absolute atomic E-state index is 0.131. The molecule has 142 valence electrons. The molecular formula is C23H21NO4. The van der Waals surface area contributed by atoms with Crippen molar-refractivity contribution in [3.8, 4) is 11.5 Å². The molecule has 1 amide bonds. The van der Waals surface area contributed by atoms with Crippen LogP contribution in [0.2, 0.25) is 0 Å². The standard InChI is InChI=1S/C23H21NO4/c1-17(25)24-20-13-11-18(12-14-20)15-23(26)27-16-19-7-5-6-10-22(19)28-21-8-3-2-4-9-21/h2-14H,15-16H2,1H3,(H,24,25). The summed E-state index contributed by atoms with van der Waals surface area (Å²) in [6, 6.07) is 24.0. The molecule has 5 heteroatoms. The van der Waals surface area contributed by atoms with Crippen LogP contribution in [0.1, 0.15) is 18.1 Å². The van der Waals surface area contributed by atoms with Gasteiger partial charge in [-0.2, -0.15) is 0 Å². The molecule has 0 unspecified atom stereocenters. The molecule has 5 nitrogen and oxygen atoms in total. The first-order valence-electron chi connectivity index (χ1n) is 8.93. The first kappa shape index (κ1) is 19.2. The summed E-state index contributed by atoms with van der Waals surface area (Å²) in [5, 5.41) is 2.69. The third-order valence-electron chi connectivity index (χ3n) is 3.96. The van der Waals surface area contributed by atoms with Gasteiger partial charge in [0.25, 0.3) is 0 Å². The van der Waals surface area contributed by atoms with E-state index < -0.39 is 0 Å². The summed E-state index contributed by atoms with van der Waals surface area (Å²) in [6.07, 6.45) is 0.155. The van der Waals surface area contributed by atoms with Crippen LogP contribution in [0, 0.1) is 0 Å². The van der Waals surface area contributed by atoms with Gasteiger partial charge in [-0.1, -0.05) is 48.5 Å². The molecule has 28 heavy (non-hydrogen) atoms. The molecule has 0 heterocycles. The van der Waals surface area contributed by atoms with E-state index in [0.29, 0.717) is 11.4 Å². The summed E-state index contributed by atoms with van der Waals surface area (Å²) in [6.45, 7) is 1.58. The molecular weight excluding hydrogens is 354 g/mol. The van der Waals surface area contributed by atoms with E-state index in [4.69, 9.17) is 9.47 Å². The van der Waals surface area contributed by atoms with Gasteiger partial charge in [-0.3, -0.25) is 9.59 Å². The molecule has 3 aromatic carbocycles. The molecule has 0 aliphatic carbocycles. The van der Waals surface area contributed by atoms with Gasteiger partial charge in [0.2, 0.25) is 5.91 Å². The molecule has 0 radical (unpaired) electrons. The molecule has 0 atom stereocenters. The number of benzene rings is 3. The Morgan fingerprint density at radius 1 is 0.857 bits per heavy atom. The summed E-state index contributed by atoms with van der Waals surface area (Å²) >= 11 is 0. The Kier molecular flexibility index (Phi) is 6.41. The monoisotopic (exact) mass is 375 g/mol. The Morgan fingerprint density at radius 2 is 1.54 bits per heavy atom. The van der Waals surface area contributed by atoms with Crippen LogP contribution in [0.4, 0.5) is 5.69 Å². The van der Waals surface area contributed by atoms with Gasteiger partial charge in [-0.15, -0.1) is 0 Å². The predicted octanol–water partition coefficient (Wildman–Crippen LogP) is 4.72. The summed E-state index contributed by atoms with van der Waals surface area (Å²) in [7, 11) is 0. The van der Waals surface area contributed by atoms with E-state index in [9.17, 15) is 9.59 Å². The molecule has 0 saturated heterocycles. The van der Waals surface area contributed by atoms with Crippen molar-refractivity contribution in [3.05, 3.63) is 90.0 Å². The van der Waals surface area contributed by atoms with Crippen molar-refractivity contribution in [1.29, 1.82) is 0 Å². The topological polar surface area (TPSA) is 64.6 Å². The predicted molar refractivity (Wildman–Crippen MR) is 107 cm³/mol. The fourth-order valence-corrected chi connectivity index (χ4v) is 2.62. The minimum Gasteiger partial charge on any atom is -0.460 e. The highest BCUT2D eigenvalue weighted by Crippen LogP contribution is 2.25. The third-order valence-corrected chi connectivity index (χ3v) is 3.96. The number of rotatable bonds is 7. The summed E-state index contributed by atoms with van der Waals surface area (Å²) in [4.78, 5) is 23.2. The number of amides is 1. The maximum atomic E-state index is 12.2. The van der Waals surface area contributed by atoms with Crippen LogP contribution < -0.4 is 10.1 Å². The first-order valence-corrected chi connectivity index (χ1v) is 8.93. The average molecular weight is 375 g/mol. The maximum Gasteiger partial charge on any atom is 0.310 e. The number of carbonyl (C=O) groups is 2. The zero-order valence-electron chi connectivity index (χ0n) is 15.6. The zero-order valence-corrected chi connectivity index (χ0v) is 15.6. The van der Waals surface area contributed by atoms with Gasteiger partial charge >= 0.3 is 5.97 Å². The lowest BCUT2D eigenvalue weighted by atomic mass is 10.1. The molecule has 0 aliphatic rings. The van der Waals surface area contributed by atoms with Crippen LogP contribution in [0.15, 0.2) is 78.9 Å². The van der Waals surface area contributed by atoms with E-state index in [0.717, 1.165) is 16.9 Å². The lowest BCUT2D eigenvalue weighted by Crippen LogP contribution is -2.09. The molecule has 1 N–H and O–H groups in total. The normalized spacial score (nSPS) is 10.2. The van der Waals surface area contributed by atoms with E-state index in [-0.39, 0.29) is 24.9 Å². The second kappa shape index (κ2) is 9.37. The maximum absolute atomic E-state index is 12.2. The highest BCUT2D eigenvalue weighted by atomic mass is 16.5. The number of hydrogen-bond donors (Lipinski definition) is 1. The van der Waals surface area contributed by atoms with Gasteiger partial charge in [0.15, 0.2) is 0 Å². The van der Waals surface area contributed by atoms with Crippen LogP contribution in [-0.2, 0) is 27.4 Å². The lowest BCUT2D eigenvalue weighted by Gasteiger charge is -2.11. The molecule has 0 spiro atoms. The van der Waals surface area contributed by atoms with E-state index >= 15 is 0 Å². The Balaban J connectivity index is 1.57. The summed E-state index contributed by atoms with van der Waals surface area (Å²) < 4.78 is 11.3. The van der Waals surface area contributed by atoms with Crippen molar-refractivity contribution in [2.45, 2.75) is 20.0 Å². The second-order valence-electron chi connectivity index (χ2n) is 6.24. The van der Waals surface area contributed by atoms with Crippen molar-refractivity contribution in [3.63, 3.8) is 0 Å². The fourth-order valence-electron chi connectivity index (χ4n) is 2.62. The Morgan fingerprint density at radius 3 is 2.25 bits per heavy atom. The smallest absolute Gasteiger partial charge is 0.310 e. The number of para-hydroxylation sites is 2. The Labute approximate surface area is 163 Å². The van der Waals surface area contributed by atoms with Crippen LogP contribution in [-0.4, -0.2) is 11.9 Å². The van der Waals surface area contributed by atoms with E-state index in [1.54, 1.807) is 24.3 Å². The van der Waals surface area contributed by atoms with Gasteiger partial charge < -0.3 is 14.8 Å². The van der Waals surface area contributed by atoms with Crippen molar-refractivity contribution in [2.75, 3.05) is 5.32 Å². The molecule has 0 aromatic heterocycles. The SMILES string of the molecule is CC(=O)Nc1ccc(CC(=O)OCc2ccccc2Oc2ccccc2)cc1. The van der Waals surface area contributed by atoms with Gasteiger partial charge in [-0.25, -0.2) is 0 Å². The molecule has 0 fully saturated rings. The summed E-state index contributed by atoms with van der Waals surface area (Å²) in [5.41, 5.74) is 2.30. The Bertz CT molecular complexity index is 936. The van der Waals surface area contributed by atoms with Crippen LogP contribution in [0.5, 0.6) is 11.5 Å². The van der Waals surface area contributed by atoms with E-state index in [2.05, 4.69) is 5.32 Å². The van der Waals surface area contributed by atoms with Crippen LogP contribution in [0.25, 0.3) is 0 Å². The number of ether oxygens (including phenoxy) is 2. The highest BCUT2D eigenvalue weighted by molar-refractivity contribution is 5.88. The number of carbonyl (C=O) groups excluding carboxylic acids is 2. The second-order valence-corrected chi connectivity index (χ2v) is 6.24. The van der Waals surface area contributed by atoms with Gasteiger partial charge in [0.1, 0.15) is 18.1 Å². The zero-order chi connectivity index (χ0) is 19.8. The number of nitrogens with one attached hydrogen (secondary N) is 1. The van der Waals surface area contributed by atoms with Crippen LogP contribution >= 0.6 is 0 Å². The largest absolute Gasteiger partial charge is 0.460 e. The quantitative estimate of drug-likeness (QED) is 0.607. The van der Waals surface area contributed by atoms with Crippen molar-refractivity contribution < 1.29 is 19.1 Å². The average Bonchev–Trinajstić information content (AvgIpc) is 2.69. The molecule has 3 rings (SSSR count). The van der Waals surface area contributed by atoms with Crippen LogP contribution in [0.3, 0.4) is 0 Å².